The van der Waals surface area contributed by atoms with Crippen molar-refractivity contribution in [3.05, 3.63) is 80.3 Å². The van der Waals surface area contributed by atoms with Crippen molar-refractivity contribution in [1.29, 1.82) is 0 Å². The smallest absolute Gasteiger partial charge is 0.257 e. The van der Waals surface area contributed by atoms with E-state index in [0.29, 0.717) is 43.3 Å². The first-order valence-electron chi connectivity index (χ1n) is 8.04. The minimum absolute atomic E-state index is 0.187. The summed E-state index contributed by atoms with van der Waals surface area (Å²) in [6, 6.07) is 15.0. The molecule has 1 amide bonds. The number of hydrogen-bond acceptors (Lipinski definition) is 3. The number of hydrogen-bond donors (Lipinski definition) is 1. The zero-order chi connectivity index (χ0) is 19.8. The predicted molar refractivity (Wildman–Crippen MR) is 114 cm³/mol. The molecule has 1 aromatic heterocycles. The Labute approximate surface area is 180 Å². The molecule has 0 spiro atoms. The van der Waals surface area contributed by atoms with Crippen LogP contribution < -0.4 is 5.32 Å². The van der Waals surface area contributed by atoms with E-state index >= 15 is 0 Å². The van der Waals surface area contributed by atoms with Crippen LogP contribution in [0.2, 0.25) is 20.1 Å². The van der Waals surface area contributed by atoms with E-state index in [0.717, 1.165) is 0 Å². The Morgan fingerprint density at radius 3 is 2.57 bits per heavy atom. The number of carbonyl (C=O) groups is 1. The highest BCUT2D eigenvalue weighted by atomic mass is 35.5. The summed E-state index contributed by atoms with van der Waals surface area (Å²) < 4.78 is 5.76. The minimum Gasteiger partial charge on any atom is -0.436 e. The van der Waals surface area contributed by atoms with E-state index in [9.17, 15) is 4.79 Å². The summed E-state index contributed by atoms with van der Waals surface area (Å²) in [5.74, 6) is -0.0794. The van der Waals surface area contributed by atoms with Crippen LogP contribution in [0.4, 0.5) is 5.69 Å². The van der Waals surface area contributed by atoms with Gasteiger partial charge in [-0.1, -0.05) is 52.5 Å². The monoisotopic (exact) mass is 450 g/mol. The van der Waals surface area contributed by atoms with E-state index in [2.05, 4.69) is 10.3 Å². The third kappa shape index (κ3) is 3.69. The van der Waals surface area contributed by atoms with Gasteiger partial charge in [0.25, 0.3) is 5.91 Å². The molecule has 0 atom stereocenters. The van der Waals surface area contributed by atoms with Crippen LogP contribution in [-0.4, -0.2) is 10.9 Å². The number of nitrogens with zero attached hydrogens (tertiary/aromatic N) is 1. The number of carbonyl (C=O) groups excluding carboxylic acids is 1. The molecule has 1 heterocycles. The number of halogens is 4. The molecule has 4 nitrogen and oxygen atoms in total. The number of amides is 1. The van der Waals surface area contributed by atoms with Gasteiger partial charge in [0.05, 0.1) is 26.2 Å². The van der Waals surface area contributed by atoms with Gasteiger partial charge in [0.15, 0.2) is 5.58 Å². The largest absolute Gasteiger partial charge is 0.436 e. The van der Waals surface area contributed by atoms with E-state index in [1.54, 1.807) is 54.6 Å². The topological polar surface area (TPSA) is 55.1 Å². The summed E-state index contributed by atoms with van der Waals surface area (Å²) in [5, 5.41) is 4.24. The first-order valence-corrected chi connectivity index (χ1v) is 9.55. The van der Waals surface area contributed by atoms with Crippen LogP contribution in [0.15, 0.2) is 59.0 Å². The molecule has 0 fully saturated rings. The van der Waals surface area contributed by atoms with E-state index in [-0.39, 0.29) is 10.6 Å². The highest BCUT2D eigenvalue weighted by Gasteiger charge is 2.16. The molecule has 0 unspecified atom stereocenters. The lowest BCUT2D eigenvalue weighted by atomic mass is 10.1. The highest BCUT2D eigenvalue weighted by molar-refractivity contribution is 6.44. The van der Waals surface area contributed by atoms with Gasteiger partial charge in [0, 0.05) is 10.7 Å². The maximum Gasteiger partial charge on any atom is 0.257 e. The van der Waals surface area contributed by atoms with Crippen molar-refractivity contribution in [3.63, 3.8) is 0 Å². The second-order valence-corrected chi connectivity index (χ2v) is 7.51. The predicted octanol–water partition coefficient (Wildman–Crippen LogP) is 7.36. The number of aromatic nitrogens is 1. The van der Waals surface area contributed by atoms with Crippen molar-refractivity contribution in [2.75, 3.05) is 5.32 Å². The molecule has 0 saturated heterocycles. The Kier molecular flexibility index (Phi) is 5.21. The van der Waals surface area contributed by atoms with Gasteiger partial charge in [-0.3, -0.25) is 4.79 Å². The van der Waals surface area contributed by atoms with Crippen LogP contribution in [0.1, 0.15) is 10.4 Å². The third-order valence-corrected chi connectivity index (χ3v) is 5.38. The third-order valence-electron chi connectivity index (χ3n) is 4.00. The van der Waals surface area contributed by atoms with Gasteiger partial charge in [0.1, 0.15) is 5.52 Å². The van der Waals surface area contributed by atoms with E-state index < -0.39 is 5.91 Å². The average molecular weight is 452 g/mol. The number of fused-ring (bicyclic) bond motifs is 1. The highest BCUT2D eigenvalue weighted by Crippen LogP contribution is 2.33. The molecular weight excluding hydrogens is 442 g/mol. The van der Waals surface area contributed by atoms with Crippen LogP contribution in [0.25, 0.3) is 22.6 Å². The van der Waals surface area contributed by atoms with Crippen LogP contribution in [0, 0.1) is 0 Å². The first kappa shape index (κ1) is 19.1. The molecule has 0 bridgehead atoms. The lowest BCUT2D eigenvalue weighted by molar-refractivity contribution is 0.102. The van der Waals surface area contributed by atoms with Crippen LogP contribution in [-0.2, 0) is 0 Å². The van der Waals surface area contributed by atoms with Gasteiger partial charge in [-0.05, 0) is 48.5 Å². The van der Waals surface area contributed by atoms with Gasteiger partial charge in [-0.15, -0.1) is 0 Å². The Hall–Kier alpha value is -2.24. The summed E-state index contributed by atoms with van der Waals surface area (Å²) in [4.78, 5) is 17.0. The van der Waals surface area contributed by atoms with E-state index in [1.807, 2.05) is 0 Å². The Bertz CT molecular complexity index is 1220. The molecule has 0 radical (unpaired) electrons. The molecule has 8 heteroatoms. The number of anilines is 1. The van der Waals surface area contributed by atoms with Crippen molar-refractivity contribution in [2.45, 2.75) is 0 Å². The van der Waals surface area contributed by atoms with Crippen LogP contribution >= 0.6 is 46.4 Å². The molecule has 4 aromatic rings. The molecule has 28 heavy (non-hydrogen) atoms. The normalized spacial score (nSPS) is 11.0. The van der Waals surface area contributed by atoms with Gasteiger partial charge in [0.2, 0.25) is 5.89 Å². The van der Waals surface area contributed by atoms with Crippen molar-refractivity contribution < 1.29 is 9.21 Å². The Balaban J connectivity index is 1.68. The number of oxazole rings is 1. The Morgan fingerprint density at radius 1 is 0.929 bits per heavy atom. The molecular formula is C20H10Cl4N2O2. The van der Waals surface area contributed by atoms with Crippen LogP contribution in [0.3, 0.4) is 0 Å². The Morgan fingerprint density at radius 2 is 1.75 bits per heavy atom. The van der Waals surface area contributed by atoms with Gasteiger partial charge in [-0.2, -0.15) is 0 Å². The summed E-state index contributed by atoms with van der Waals surface area (Å²) in [5.41, 5.74) is 2.49. The first-order chi connectivity index (χ1) is 13.4. The summed E-state index contributed by atoms with van der Waals surface area (Å²) in [7, 11) is 0. The van der Waals surface area contributed by atoms with Crippen molar-refractivity contribution in [3.8, 4) is 11.5 Å². The van der Waals surface area contributed by atoms with Gasteiger partial charge >= 0.3 is 0 Å². The SMILES string of the molecule is O=C(Nc1ccc(Cl)c(-c2nc3cc(Cl)ccc3o2)c1)c1cccc(Cl)c1Cl. The molecule has 4 rings (SSSR count). The molecule has 140 valence electrons. The fourth-order valence-corrected chi connectivity index (χ4v) is 3.41. The van der Waals surface area contributed by atoms with E-state index in [4.69, 9.17) is 50.8 Å². The average Bonchev–Trinajstić information content (AvgIpc) is 3.08. The van der Waals surface area contributed by atoms with Gasteiger partial charge < -0.3 is 9.73 Å². The summed E-state index contributed by atoms with van der Waals surface area (Å²) >= 11 is 24.4. The number of benzene rings is 3. The maximum absolute atomic E-state index is 12.6. The molecule has 0 aliphatic heterocycles. The fraction of sp³-hybridized carbons (Fsp3) is 0. The minimum atomic E-state index is -0.398. The lowest BCUT2D eigenvalue weighted by Crippen LogP contribution is -2.12. The lowest BCUT2D eigenvalue weighted by Gasteiger charge is -2.09. The fourth-order valence-electron chi connectivity index (χ4n) is 2.66. The van der Waals surface area contributed by atoms with Gasteiger partial charge in [-0.25, -0.2) is 4.98 Å². The zero-order valence-corrected chi connectivity index (χ0v) is 17.0. The molecule has 3 aromatic carbocycles. The van der Waals surface area contributed by atoms with Crippen molar-refractivity contribution in [2.24, 2.45) is 0 Å². The number of rotatable bonds is 3. The maximum atomic E-state index is 12.6. The molecule has 0 aliphatic carbocycles. The molecule has 0 aliphatic rings. The standard InChI is InChI=1S/C20H10Cl4N2O2/c21-10-4-7-17-16(8-10)26-20(28-17)13-9-11(5-6-14(13)22)25-19(27)12-2-1-3-15(23)18(12)24/h1-9H,(H,25,27). The van der Waals surface area contributed by atoms with Crippen LogP contribution in [0.5, 0.6) is 0 Å². The summed E-state index contributed by atoms with van der Waals surface area (Å²) in [6.45, 7) is 0. The second kappa shape index (κ2) is 7.64. The second-order valence-electron chi connectivity index (χ2n) is 5.88. The molecule has 0 saturated carbocycles. The molecule has 1 N–H and O–H groups in total. The quantitative estimate of drug-likeness (QED) is 0.354. The zero-order valence-electron chi connectivity index (χ0n) is 14.0. The summed E-state index contributed by atoms with van der Waals surface area (Å²) in [6.07, 6.45) is 0. The van der Waals surface area contributed by atoms with E-state index in [1.165, 1.54) is 0 Å². The van der Waals surface area contributed by atoms with Crippen molar-refractivity contribution in [1.82, 2.24) is 4.98 Å². The van der Waals surface area contributed by atoms with Crippen molar-refractivity contribution >= 4 is 69.1 Å². The number of nitrogens with one attached hydrogen (secondary N) is 1.